The van der Waals surface area contributed by atoms with Gasteiger partial charge in [-0.2, -0.15) is 0 Å². The second-order valence-electron chi connectivity index (χ2n) is 6.20. The molecule has 0 amide bonds. The van der Waals surface area contributed by atoms with Crippen LogP contribution in [0, 0.1) is 5.82 Å². The van der Waals surface area contributed by atoms with Crippen LogP contribution in [0.2, 0.25) is 0 Å². The molecule has 0 unspecified atom stereocenters. The van der Waals surface area contributed by atoms with E-state index in [0.717, 1.165) is 50.5 Å². The highest BCUT2D eigenvalue weighted by atomic mass is 32.2. The molecule has 1 aliphatic heterocycles. The first kappa shape index (κ1) is 17.7. The van der Waals surface area contributed by atoms with Gasteiger partial charge in [0.05, 0.1) is 37.6 Å². The molecule has 1 heterocycles. The molecule has 1 saturated heterocycles. The molecule has 1 aliphatic rings. The molecular formula is C18H23FN3O2S+. The zero-order valence-corrected chi connectivity index (χ0v) is 15.0. The van der Waals surface area contributed by atoms with Crippen molar-refractivity contribution in [2.45, 2.75) is 11.8 Å². The van der Waals surface area contributed by atoms with E-state index in [1.807, 2.05) is 12.1 Å². The minimum absolute atomic E-state index is 0.0386. The van der Waals surface area contributed by atoms with Gasteiger partial charge in [-0.1, -0.05) is 0 Å². The van der Waals surface area contributed by atoms with Gasteiger partial charge < -0.3 is 9.80 Å². The van der Waals surface area contributed by atoms with Gasteiger partial charge in [0, 0.05) is 11.4 Å². The normalized spacial score (nSPS) is 16.0. The van der Waals surface area contributed by atoms with Gasteiger partial charge in [-0.3, -0.25) is 4.72 Å². The number of benzene rings is 2. The number of hydrogen-bond donors (Lipinski definition) is 2. The number of anilines is 2. The maximum absolute atomic E-state index is 12.9. The van der Waals surface area contributed by atoms with Crippen LogP contribution in [0.25, 0.3) is 0 Å². The summed E-state index contributed by atoms with van der Waals surface area (Å²) in [6.07, 6.45) is 0. The molecule has 0 saturated carbocycles. The fourth-order valence-electron chi connectivity index (χ4n) is 3.00. The Kier molecular flexibility index (Phi) is 5.24. The van der Waals surface area contributed by atoms with E-state index in [1.165, 1.54) is 12.1 Å². The third-order valence-electron chi connectivity index (χ3n) is 4.58. The van der Waals surface area contributed by atoms with Crippen molar-refractivity contribution in [3.63, 3.8) is 0 Å². The lowest BCUT2D eigenvalue weighted by Crippen LogP contribution is -3.14. The Morgan fingerprint density at radius 3 is 2.20 bits per heavy atom. The summed E-state index contributed by atoms with van der Waals surface area (Å²) in [5.74, 6) is -0.465. The zero-order valence-electron chi connectivity index (χ0n) is 14.2. The van der Waals surface area contributed by atoms with Crippen LogP contribution in [0.1, 0.15) is 6.92 Å². The predicted octanol–water partition coefficient (Wildman–Crippen LogP) is 1.35. The number of halogens is 1. The number of nitrogens with zero attached hydrogens (tertiary/aromatic N) is 1. The first-order chi connectivity index (χ1) is 12.0. The minimum atomic E-state index is -3.71. The van der Waals surface area contributed by atoms with E-state index in [4.69, 9.17) is 0 Å². The maximum Gasteiger partial charge on any atom is 0.261 e. The van der Waals surface area contributed by atoms with Gasteiger partial charge in [-0.15, -0.1) is 0 Å². The summed E-state index contributed by atoms with van der Waals surface area (Å²) in [5, 5.41) is 0. The van der Waals surface area contributed by atoms with Gasteiger partial charge in [0.15, 0.2) is 0 Å². The Labute approximate surface area is 148 Å². The number of piperazine rings is 1. The average Bonchev–Trinajstić information content (AvgIpc) is 2.62. The van der Waals surface area contributed by atoms with Crippen LogP contribution in [0.5, 0.6) is 0 Å². The van der Waals surface area contributed by atoms with E-state index in [-0.39, 0.29) is 4.90 Å². The summed E-state index contributed by atoms with van der Waals surface area (Å²) < 4.78 is 40.1. The van der Waals surface area contributed by atoms with E-state index in [1.54, 1.807) is 17.0 Å². The van der Waals surface area contributed by atoms with E-state index in [2.05, 4.69) is 16.5 Å². The highest BCUT2D eigenvalue weighted by molar-refractivity contribution is 7.92. The van der Waals surface area contributed by atoms with Crippen LogP contribution in [-0.2, 0) is 10.0 Å². The molecule has 2 N–H and O–H groups in total. The van der Waals surface area contributed by atoms with Gasteiger partial charge in [-0.25, -0.2) is 12.8 Å². The van der Waals surface area contributed by atoms with Gasteiger partial charge in [0.1, 0.15) is 5.82 Å². The lowest BCUT2D eigenvalue weighted by atomic mass is 10.2. The summed E-state index contributed by atoms with van der Waals surface area (Å²) in [7, 11) is -3.71. The fourth-order valence-corrected chi connectivity index (χ4v) is 4.06. The monoisotopic (exact) mass is 364 g/mol. The first-order valence-corrected chi connectivity index (χ1v) is 9.93. The van der Waals surface area contributed by atoms with Gasteiger partial charge in [0.25, 0.3) is 10.0 Å². The van der Waals surface area contributed by atoms with Crippen molar-refractivity contribution < 1.29 is 17.7 Å². The van der Waals surface area contributed by atoms with Crippen molar-refractivity contribution in [2.24, 2.45) is 0 Å². The smallest absolute Gasteiger partial charge is 0.261 e. The standard InChI is InChI=1S/C18H22FN3O2S/c1-2-21-11-13-22(14-12-21)17-7-5-16(6-8-17)20-25(23,24)18-9-3-15(19)4-10-18/h3-10,20H,2,11-14H2,1H3/p+1. The first-order valence-electron chi connectivity index (χ1n) is 8.45. The van der Waals surface area contributed by atoms with Crippen molar-refractivity contribution in [3.8, 4) is 0 Å². The molecular weight excluding hydrogens is 341 g/mol. The van der Waals surface area contributed by atoms with E-state index < -0.39 is 15.8 Å². The summed E-state index contributed by atoms with van der Waals surface area (Å²) >= 11 is 0. The van der Waals surface area contributed by atoms with Crippen molar-refractivity contribution in [1.29, 1.82) is 0 Å². The second kappa shape index (κ2) is 7.41. The highest BCUT2D eigenvalue weighted by Gasteiger charge is 2.19. The molecule has 7 heteroatoms. The minimum Gasteiger partial charge on any atom is -0.360 e. The lowest BCUT2D eigenvalue weighted by molar-refractivity contribution is -0.898. The van der Waals surface area contributed by atoms with Crippen molar-refractivity contribution in [3.05, 3.63) is 54.3 Å². The lowest BCUT2D eigenvalue weighted by Gasteiger charge is -2.33. The summed E-state index contributed by atoms with van der Waals surface area (Å²) in [4.78, 5) is 3.97. The van der Waals surface area contributed by atoms with E-state index >= 15 is 0 Å². The van der Waals surface area contributed by atoms with E-state index in [0.29, 0.717) is 5.69 Å². The largest absolute Gasteiger partial charge is 0.360 e. The zero-order chi connectivity index (χ0) is 17.9. The molecule has 0 bridgehead atoms. The van der Waals surface area contributed by atoms with Crippen LogP contribution in [0.4, 0.5) is 15.8 Å². The number of sulfonamides is 1. The fraction of sp³-hybridized carbons (Fsp3) is 0.333. The molecule has 0 spiro atoms. The molecule has 2 aromatic rings. The molecule has 0 radical (unpaired) electrons. The molecule has 1 fully saturated rings. The highest BCUT2D eigenvalue weighted by Crippen LogP contribution is 2.21. The Balaban J connectivity index is 1.67. The Morgan fingerprint density at radius 2 is 1.64 bits per heavy atom. The third-order valence-corrected chi connectivity index (χ3v) is 5.98. The number of quaternary nitrogens is 1. The number of hydrogen-bond acceptors (Lipinski definition) is 3. The van der Waals surface area contributed by atoms with Crippen molar-refractivity contribution in [1.82, 2.24) is 0 Å². The Morgan fingerprint density at radius 1 is 1.04 bits per heavy atom. The number of nitrogens with one attached hydrogen (secondary N) is 2. The van der Waals surface area contributed by atoms with E-state index in [9.17, 15) is 12.8 Å². The molecule has 0 aliphatic carbocycles. The molecule has 0 aromatic heterocycles. The quantitative estimate of drug-likeness (QED) is 0.842. The number of rotatable bonds is 5. The molecule has 134 valence electrons. The topological polar surface area (TPSA) is 53.9 Å². The van der Waals surface area contributed by atoms with Crippen LogP contribution in [0.15, 0.2) is 53.4 Å². The Hall–Kier alpha value is -2.12. The summed E-state index contributed by atoms with van der Waals surface area (Å²) in [5.41, 5.74) is 1.59. The average molecular weight is 364 g/mol. The number of likely N-dealkylation sites (N-methyl/N-ethyl adjacent to an activating group) is 1. The van der Waals surface area contributed by atoms with Gasteiger partial charge >= 0.3 is 0 Å². The molecule has 5 nitrogen and oxygen atoms in total. The van der Waals surface area contributed by atoms with Crippen molar-refractivity contribution in [2.75, 3.05) is 42.3 Å². The Bertz CT molecular complexity index is 799. The SMILES string of the molecule is CC[NH+]1CCN(c2ccc(NS(=O)(=O)c3ccc(F)cc3)cc2)CC1. The van der Waals surface area contributed by atoms with Gasteiger partial charge in [-0.05, 0) is 55.5 Å². The van der Waals surface area contributed by atoms with Crippen LogP contribution in [-0.4, -0.2) is 41.1 Å². The third kappa shape index (κ3) is 4.29. The molecule has 3 rings (SSSR count). The van der Waals surface area contributed by atoms with Crippen LogP contribution < -0.4 is 14.5 Å². The van der Waals surface area contributed by atoms with Crippen LogP contribution in [0.3, 0.4) is 0 Å². The molecule has 25 heavy (non-hydrogen) atoms. The molecule has 2 aromatic carbocycles. The molecule has 0 atom stereocenters. The predicted molar refractivity (Wildman–Crippen MR) is 97.1 cm³/mol. The maximum atomic E-state index is 12.9. The summed E-state index contributed by atoms with van der Waals surface area (Å²) in [6.45, 7) is 7.60. The second-order valence-corrected chi connectivity index (χ2v) is 7.88. The summed E-state index contributed by atoms with van der Waals surface area (Å²) in [6, 6.07) is 12.2. The van der Waals surface area contributed by atoms with Crippen LogP contribution >= 0.6 is 0 Å². The van der Waals surface area contributed by atoms with Gasteiger partial charge in [0.2, 0.25) is 0 Å². The van der Waals surface area contributed by atoms with Crippen molar-refractivity contribution >= 4 is 21.4 Å².